The molecule has 0 amide bonds. The number of aromatic amines is 1. The fourth-order valence-electron chi connectivity index (χ4n) is 1.72. The Labute approximate surface area is 104 Å². The van der Waals surface area contributed by atoms with Crippen LogP contribution in [0.1, 0.15) is 12.6 Å². The molecule has 0 aromatic carbocycles. The van der Waals surface area contributed by atoms with Crippen LogP contribution in [0.4, 0.5) is 0 Å². The van der Waals surface area contributed by atoms with Crippen LogP contribution < -0.4 is 11.2 Å². The van der Waals surface area contributed by atoms with Crippen LogP contribution in [0.3, 0.4) is 0 Å². The van der Waals surface area contributed by atoms with Crippen LogP contribution in [-0.2, 0) is 4.74 Å². The molecule has 1 aromatic rings. The fourth-order valence-corrected chi connectivity index (χ4v) is 2.04. The predicted octanol–water partition coefficient (Wildman–Crippen LogP) is -1.06. The fraction of sp³-hybridized carbons (Fsp3) is 0.556. The molecule has 1 aliphatic rings. The number of ether oxygens (including phenoxy) is 1. The van der Waals surface area contributed by atoms with E-state index in [4.69, 9.17) is 9.84 Å². The zero-order valence-electron chi connectivity index (χ0n) is 8.67. The van der Waals surface area contributed by atoms with E-state index < -0.39 is 29.7 Å². The van der Waals surface area contributed by atoms with Crippen LogP contribution in [-0.4, -0.2) is 38.6 Å². The summed E-state index contributed by atoms with van der Waals surface area (Å²) in [4.78, 5) is 24.8. The molecule has 8 heteroatoms. The summed E-state index contributed by atoms with van der Waals surface area (Å²) in [5.41, 5.74) is -1.14. The maximum Gasteiger partial charge on any atom is 0.330 e. The van der Waals surface area contributed by atoms with Gasteiger partial charge in [0, 0.05) is 12.6 Å². The highest BCUT2D eigenvalue weighted by molar-refractivity contribution is 9.10. The summed E-state index contributed by atoms with van der Waals surface area (Å²) in [6, 6.07) is 0. The van der Waals surface area contributed by atoms with Crippen LogP contribution in [0.25, 0.3) is 0 Å². The third-order valence-corrected chi connectivity index (χ3v) is 3.18. The lowest BCUT2D eigenvalue weighted by molar-refractivity contribution is -0.0459. The van der Waals surface area contributed by atoms with Crippen molar-refractivity contribution in [3.05, 3.63) is 31.5 Å². The minimum absolute atomic E-state index is 0.184. The molecule has 3 N–H and O–H groups in total. The Hall–Kier alpha value is -0.960. The van der Waals surface area contributed by atoms with E-state index in [0.29, 0.717) is 0 Å². The smallest absolute Gasteiger partial charge is 0.330 e. The molecule has 94 valence electrons. The minimum atomic E-state index is -0.831. The van der Waals surface area contributed by atoms with Crippen molar-refractivity contribution in [3.63, 3.8) is 0 Å². The van der Waals surface area contributed by atoms with Gasteiger partial charge in [-0.25, -0.2) is 4.79 Å². The first-order chi connectivity index (χ1) is 8.02. The Morgan fingerprint density at radius 2 is 2.29 bits per heavy atom. The summed E-state index contributed by atoms with van der Waals surface area (Å²) in [6.07, 6.45) is -0.745. The molecule has 0 unspecified atom stereocenters. The van der Waals surface area contributed by atoms with Gasteiger partial charge < -0.3 is 14.9 Å². The molecule has 0 bridgehead atoms. The molecule has 2 heterocycles. The van der Waals surface area contributed by atoms with Gasteiger partial charge in [0.05, 0.1) is 17.2 Å². The average Bonchev–Trinajstić information content (AvgIpc) is 2.65. The molecule has 0 saturated carbocycles. The van der Waals surface area contributed by atoms with Crippen molar-refractivity contribution >= 4 is 15.9 Å². The SMILES string of the molecule is O=c1[nH]c(=O)n([C@@H]2C[C@H](O)[C@@H](CO)O2)cc1Br. The standard InChI is InChI=1S/C9H11BrN2O5/c10-4-2-12(9(16)11-8(4)15)7-1-5(14)6(3-13)17-7/h2,5-7,13-14H,1,3H2,(H,11,15,16)/t5-,6+,7-/m0/s1. The number of H-pyrrole nitrogens is 1. The highest BCUT2D eigenvalue weighted by Gasteiger charge is 2.35. The number of hydrogen-bond acceptors (Lipinski definition) is 5. The summed E-state index contributed by atoms with van der Waals surface area (Å²) < 4.78 is 6.67. The van der Waals surface area contributed by atoms with Crippen molar-refractivity contribution in [2.24, 2.45) is 0 Å². The number of rotatable bonds is 2. The van der Waals surface area contributed by atoms with E-state index in [2.05, 4.69) is 20.9 Å². The first kappa shape index (κ1) is 12.5. The quantitative estimate of drug-likeness (QED) is 0.646. The lowest BCUT2D eigenvalue weighted by Crippen LogP contribution is -2.32. The van der Waals surface area contributed by atoms with Crippen LogP contribution in [0.2, 0.25) is 0 Å². The zero-order chi connectivity index (χ0) is 12.6. The molecule has 0 radical (unpaired) electrons. The van der Waals surface area contributed by atoms with E-state index in [0.717, 1.165) is 0 Å². The number of nitrogens with zero attached hydrogens (tertiary/aromatic N) is 1. The Morgan fingerprint density at radius 1 is 1.59 bits per heavy atom. The van der Waals surface area contributed by atoms with Gasteiger partial charge in [-0.3, -0.25) is 14.3 Å². The third kappa shape index (κ3) is 2.34. The second-order valence-electron chi connectivity index (χ2n) is 3.76. The maximum absolute atomic E-state index is 11.5. The number of aliphatic hydroxyl groups is 2. The Morgan fingerprint density at radius 3 is 2.88 bits per heavy atom. The molecule has 1 aromatic heterocycles. The molecule has 17 heavy (non-hydrogen) atoms. The second-order valence-corrected chi connectivity index (χ2v) is 4.61. The van der Waals surface area contributed by atoms with Gasteiger partial charge in [-0.15, -0.1) is 0 Å². The lowest BCUT2D eigenvalue weighted by atomic mass is 10.2. The largest absolute Gasteiger partial charge is 0.394 e. The van der Waals surface area contributed by atoms with E-state index in [9.17, 15) is 14.7 Å². The molecule has 3 atom stereocenters. The molecular weight excluding hydrogens is 296 g/mol. The predicted molar refractivity (Wildman–Crippen MR) is 60.6 cm³/mol. The van der Waals surface area contributed by atoms with Crippen molar-refractivity contribution in [2.75, 3.05) is 6.61 Å². The van der Waals surface area contributed by atoms with Gasteiger partial charge in [0.2, 0.25) is 0 Å². The van der Waals surface area contributed by atoms with E-state index >= 15 is 0 Å². The number of hydrogen-bond donors (Lipinski definition) is 3. The van der Waals surface area contributed by atoms with Crippen LogP contribution in [0, 0.1) is 0 Å². The van der Waals surface area contributed by atoms with Crippen LogP contribution >= 0.6 is 15.9 Å². The summed E-state index contributed by atoms with van der Waals surface area (Å²) in [6.45, 7) is -0.322. The Balaban J connectivity index is 2.34. The van der Waals surface area contributed by atoms with Gasteiger partial charge in [0.25, 0.3) is 5.56 Å². The summed E-state index contributed by atoms with van der Waals surface area (Å²) in [5, 5.41) is 18.5. The van der Waals surface area contributed by atoms with Gasteiger partial charge >= 0.3 is 5.69 Å². The molecule has 1 aliphatic heterocycles. The van der Waals surface area contributed by atoms with E-state index in [1.54, 1.807) is 0 Å². The number of halogens is 1. The average molecular weight is 307 g/mol. The first-order valence-corrected chi connectivity index (χ1v) is 5.77. The molecular formula is C9H11BrN2O5. The van der Waals surface area contributed by atoms with Gasteiger partial charge in [0.1, 0.15) is 12.3 Å². The van der Waals surface area contributed by atoms with Crippen LogP contribution in [0.5, 0.6) is 0 Å². The van der Waals surface area contributed by atoms with E-state index in [1.807, 2.05) is 0 Å². The third-order valence-electron chi connectivity index (χ3n) is 2.62. The molecule has 0 aliphatic carbocycles. The summed E-state index contributed by atoms with van der Waals surface area (Å²) in [5.74, 6) is 0. The molecule has 0 spiro atoms. The number of nitrogens with one attached hydrogen (secondary N) is 1. The lowest BCUT2D eigenvalue weighted by Gasteiger charge is -2.14. The van der Waals surface area contributed by atoms with Gasteiger partial charge in [-0.05, 0) is 15.9 Å². The molecule has 2 rings (SSSR count). The first-order valence-electron chi connectivity index (χ1n) is 4.98. The highest BCUT2D eigenvalue weighted by Crippen LogP contribution is 2.27. The highest BCUT2D eigenvalue weighted by atomic mass is 79.9. The second kappa shape index (κ2) is 4.73. The topological polar surface area (TPSA) is 105 Å². The Bertz CT molecular complexity index is 525. The normalized spacial score (nSPS) is 28.5. The van der Waals surface area contributed by atoms with Crippen LogP contribution in [0.15, 0.2) is 20.3 Å². The van der Waals surface area contributed by atoms with Gasteiger partial charge in [-0.2, -0.15) is 0 Å². The zero-order valence-corrected chi connectivity index (χ0v) is 10.3. The van der Waals surface area contributed by atoms with Crippen molar-refractivity contribution in [1.82, 2.24) is 9.55 Å². The molecule has 1 saturated heterocycles. The maximum atomic E-state index is 11.5. The number of aliphatic hydroxyl groups excluding tert-OH is 2. The summed E-state index contributed by atoms with van der Waals surface area (Å²) in [7, 11) is 0. The van der Waals surface area contributed by atoms with Crippen molar-refractivity contribution in [3.8, 4) is 0 Å². The molecule has 7 nitrogen and oxygen atoms in total. The molecule has 1 fully saturated rings. The van der Waals surface area contributed by atoms with Gasteiger partial charge in [-0.1, -0.05) is 0 Å². The Kier molecular flexibility index (Phi) is 3.48. The van der Waals surface area contributed by atoms with Gasteiger partial charge in [0.15, 0.2) is 0 Å². The van der Waals surface area contributed by atoms with Crippen molar-refractivity contribution in [2.45, 2.75) is 24.9 Å². The monoisotopic (exact) mass is 306 g/mol. The van der Waals surface area contributed by atoms with E-state index in [-0.39, 0.29) is 17.5 Å². The van der Waals surface area contributed by atoms with Crippen molar-refractivity contribution in [1.29, 1.82) is 0 Å². The minimum Gasteiger partial charge on any atom is -0.394 e. The number of aromatic nitrogens is 2. The summed E-state index contributed by atoms with van der Waals surface area (Å²) >= 11 is 3.00. The van der Waals surface area contributed by atoms with Crippen molar-refractivity contribution < 1.29 is 14.9 Å². The van der Waals surface area contributed by atoms with E-state index in [1.165, 1.54) is 10.8 Å².